The van der Waals surface area contributed by atoms with Gasteiger partial charge in [-0.15, -0.1) is 0 Å². The van der Waals surface area contributed by atoms with Crippen molar-refractivity contribution in [2.45, 2.75) is 32.7 Å². The van der Waals surface area contributed by atoms with E-state index in [0.29, 0.717) is 23.6 Å². The van der Waals surface area contributed by atoms with E-state index in [1.165, 1.54) is 0 Å². The Morgan fingerprint density at radius 3 is 2.71 bits per heavy atom. The molecule has 2 aromatic rings. The van der Waals surface area contributed by atoms with E-state index in [4.69, 9.17) is 10.5 Å². The molecule has 0 amide bonds. The molecule has 5 heteroatoms. The average molecular weight is 320 g/mol. The van der Waals surface area contributed by atoms with E-state index in [2.05, 4.69) is 23.3 Å². The summed E-state index contributed by atoms with van der Waals surface area (Å²) in [5.41, 5.74) is 7.93. The van der Waals surface area contributed by atoms with E-state index in [1.54, 1.807) is 4.68 Å². The Hall–Kier alpha value is -3.00. The lowest BCUT2D eigenvalue weighted by Gasteiger charge is -2.09. The third-order valence-corrected chi connectivity index (χ3v) is 3.86. The van der Waals surface area contributed by atoms with Crippen molar-refractivity contribution in [2.75, 3.05) is 5.73 Å². The minimum absolute atomic E-state index is 0.423. The fourth-order valence-corrected chi connectivity index (χ4v) is 2.65. The third kappa shape index (κ3) is 3.18. The summed E-state index contributed by atoms with van der Waals surface area (Å²) in [6.45, 7) is 2.75. The summed E-state index contributed by atoms with van der Waals surface area (Å²) >= 11 is 0. The van der Waals surface area contributed by atoms with Crippen molar-refractivity contribution in [1.82, 2.24) is 9.78 Å². The van der Waals surface area contributed by atoms with Gasteiger partial charge in [0.1, 0.15) is 34.7 Å². The summed E-state index contributed by atoms with van der Waals surface area (Å²) in [6, 6.07) is 9.74. The molecule has 1 aromatic carbocycles. The first-order valence-electron chi connectivity index (χ1n) is 8.14. The lowest BCUT2D eigenvalue weighted by Crippen LogP contribution is -2.04. The highest BCUT2D eigenvalue weighted by Crippen LogP contribution is 2.29. The summed E-state index contributed by atoms with van der Waals surface area (Å²) < 4.78 is 7.52. The molecule has 1 aromatic heterocycles. The normalized spacial score (nSPS) is 13.4. The van der Waals surface area contributed by atoms with E-state index in [9.17, 15) is 5.26 Å². The zero-order valence-electron chi connectivity index (χ0n) is 13.7. The van der Waals surface area contributed by atoms with Crippen LogP contribution in [0.4, 0.5) is 5.82 Å². The molecule has 3 rings (SSSR count). The minimum Gasteiger partial charge on any atom is -0.458 e. The maximum Gasteiger partial charge on any atom is 0.140 e. The first kappa shape index (κ1) is 15.9. The van der Waals surface area contributed by atoms with Gasteiger partial charge in [-0.05, 0) is 55.7 Å². The fourth-order valence-electron chi connectivity index (χ4n) is 2.65. The van der Waals surface area contributed by atoms with Gasteiger partial charge in [-0.2, -0.15) is 10.4 Å². The predicted molar refractivity (Wildman–Crippen MR) is 94.2 cm³/mol. The number of ether oxygens (including phenoxy) is 1. The SMILES string of the molecule is CCCn1nc(-c2ccc(OC3=CCCC=C3)cc2)c(C#N)c1N. The van der Waals surface area contributed by atoms with Crippen LogP contribution in [-0.4, -0.2) is 9.78 Å². The second kappa shape index (κ2) is 7.05. The lowest BCUT2D eigenvalue weighted by atomic mass is 10.1. The van der Waals surface area contributed by atoms with E-state index in [1.807, 2.05) is 37.3 Å². The number of hydrogen-bond donors (Lipinski definition) is 1. The molecule has 1 aliphatic rings. The van der Waals surface area contributed by atoms with Crippen molar-refractivity contribution >= 4 is 5.82 Å². The number of nitrogens with zero attached hydrogens (tertiary/aromatic N) is 3. The Bertz CT molecular complexity index is 822. The highest BCUT2D eigenvalue weighted by Gasteiger charge is 2.16. The van der Waals surface area contributed by atoms with Crippen molar-refractivity contribution in [1.29, 1.82) is 5.26 Å². The van der Waals surface area contributed by atoms with Crippen LogP contribution in [0.2, 0.25) is 0 Å². The number of aryl methyl sites for hydroxylation is 1. The molecule has 1 heterocycles. The number of allylic oxidation sites excluding steroid dienone is 3. The van der Waals surface area contributed by atoms with E-state index >= 15 is 0 Å². The van der Waals surface area contributed by atoms with Gasteiger partial charge in [0.05, 0.1) is 0 Å². The van der Waals surface area contributed by atoms with E-state index < -0.39 is 0 Å². The van der Waals surface area contributed by atoms with Crippen LogP contribution in [0.3, 0.4) is 0 Å². The average Bonchev–Trinajstić information content (AvgIpc) is 2.93. The standard InChI is InChI=1S/C19H20N4O/c1-2-12-23-19(21)17(13-20)18(22-23)14-8-10-16(11-9-14)24-15-6-4-3-5-7-15/h4,6-11H,2-3,5,12,21H2,1H3. The summed E-state index contributed by atoms with van der Waals surface area (Å²) in [7, 11) is 0. The molecule has 0 bridgehead atoms. The molecule has 5 nitrogen and oxygen atoms in total. The van der Waals surface area contributed by atoms with E-state index in [0.717, 1.165) is 36.3 Å². The summed E-state index contributed by atoms with van der Waals surface area (Å²) in [5, 5.41) is 13.9. The number of hydrogen-bond acceptors (Lipinski definition) is 4. The maximum atomic E-state index is 9.39. The fraction of sp³-hybridized carbons (Fsp3) is 0.263. The molecular weight excluding hydrogens is 300 g/mol. The third-order valence-electron chi connectivity index (χ3n) is 3.86. The van der Waals surface area contributed by atoms with Gasteiger partial charge in [0.2, 0.25) is 0 Å². The molecule has 0 fully saturated rings. The summed E-state index contributed by atoms with van der Waals surface area (Å²) in [4.78, 5) is 0. The Kier molecular flexibility index (Phi) is 4.66. The molecule has 0 radical (unpaired) electrons. The molecule has 24 heavy (non-hydrogen) atoms. The lowest BCUT2D eigenvalue weighted by molar-refractivity contribution is 0.439. The number of aromatic nitrogens is 2. The molecule has 0 atom stereocenters. The molecule has 0 aliphatic heterocycles. The van der Waals surface area contributed by atoms with Crippen LogP contribution < -0.4 is 10.5 Å². The number of nitriles is 1. The Balaban J connectivity index is 1.85. The second-order valence-electron chi connectivity index (χ2n) is 5.66. The van der Waals surface area contributed by atoms with Crippen molar-refractivity contribution < 1.29 is 4.74 Å². The van der Waals surface area contributed by atoms with Crippen LogP contribution in [-0.2, 0) is 6.54 Å². The van der Waals surface area contributed by atoms with Crippen LogP contribution in [0.5, 0.6) is 5.75 Å². The number of nitrogen functional groups attached to an aromatic ring is 1. The topological polar surface area (TPSA) is 76.9 Å². The number of benzene rings is 1. The summed E-state index contributed by atoms with van der Waals surface area (Å²) in [5.74, 6) is 2.05. The van der Waals surface area contributed by atoms with Gasteiger partial charge in [-0.1, -0.05) is 13.0 Å². The Labute approximate surface area is 141 Å². The van der Waals surface area contributed by atoms with Crippen molar-refractivity contribution in [3.63, 3.8) is 0 Å². The molecule has 122 valence electrons. The Morgan fingerprint density at radius 2 is 2.08 bits per heavy atom. The number of rotatable bonds is 5. The highest BCUT2D eigenvalue weighted by molar-refractivity contribution is 5.72. The van der Waals surface area contributed by atoms with Gasteiger partial charge in [0, 0.05) is 12.1 Å². The monoisotopic (exact) mass is 320 g/mol. The minimum atomic E-state index is 0.423. The van der Waals surface area contributed by atoms with Crippen molar-refractivity contribution in [2.24, 2.45) is 0 Å². The number of anilines is 1. The van der Waals surface area contributed by atoms with Crippen LogP contribution >= 0.6 is 0 Å². The van der Waals surface area contributed by atoms with E-state index in [-0.39, 0.29) is 0 Å². The zero-order chi connectivity index (χ0) is 16.9. The van der Waals surface area contributed by atoms with Gasteiger partial charge in [-0.3, -0.25) is 0 Å². The van der Waals surface area contributed by atoms with Gasteiger partial charge in [0.25, 0.3) is 0 Å². The smallest absolute Gasteiger partial charge is 0.140 e. The van der Waals surface area contributed by atoms with Crippen LogP contribution in [0.15, 0.2) is 48.3 Å². The quantitative estimate of drug-likeness (QED) is 0.902. The molecule has 2 N–H and O–H groups in total. The molecule has 1 aliphatic carbocycles. The second-order valence-corrected chi connectivity index (χ2v) is 5.66. The van der Waals surface area contributed by atoms with Gasteiger partial charge >= 0.3 is 0 Å². The van der Waals surface area contributed by atoms with Gasteiger partial charge in [-0.25, -0.2) is 4.68 Å². The molecule has 0 saturated heterocycles. The predicted octanol–water partition coefficient (Wildman–Crippen LogP) is 4.03. The first-order chi connectivity index (χ1) is 11.7. The van der Waals surface area contributed by atoms with Crippen LogP contribution in [0.25, 0.3) is 11.3 Å². The first-order valence-corrected chi connectivity index (χ1v) is 8.14. The highest BCUT2D eigenvalue weighted by atomic mass is 16.5. The van der Waals surface area contributed by atoms with Gasteiger partial charge in [0.15, 0.2) is 0 Å². The molecule has 0 unspecified atom stereocenters. The van der Waals surface area contributed by atoms with Crippen molar-refractivity contribution in [3.05, 3.63) is 53.8 Å². The molecule has 0 spiro atoms. The van der Waals surface area contributed by atoms with Crippen LogP contribution in [0, 0.1) is 11.3 Å². The number of nitrogens with two attached hydrogens (primary N) is 1. The summed E-state index contributed by atoms with van der Waals surface area (Å²) in [6.07, 6.45) is 9.14. The molecule has 0 saturated carbocycles. The molecular formula is C19H20N4O. The van der Waals surface area contributed by atoms with Crippen molar-refractivity contribution in [3.8, 4) is 23.1 Å². The zero-order valence-corrected chi connectivity index (χ0v) is 13.7. The maximum absolute atomic E-state index is 9.39. The van der Waals surface area contributed by atoms with Gasteiger partial charge < -0.3 is 10.5 Å². The largest absolute Gasteiger partial charge is 0.458 e. The Morgan fingerprint density at radius 1 is 1.29 bits per heavy atom. The van der Waals surface area contributed by atoms with Crippen LogP contribution in [0.1, 0.15) is 31.7 Å².